The molecule has 0 aromatic heterocycles. The van der Waals surface area contributed by atoms with Crippen molar-refractivity contribution in [1.82, 2.24) is 4.90 Å². The number of nitrogens with zero attached hydrogens (tertiary/aromatic N) is 1. The molecule has 1 aliphatic rings. The van der Waals surface area contributed by atoms with E-state index in [9.17, 15) is 4.39 Å². The quantitative estimate of drug-likeness (QED) is 0.755. The third kappa shape index (κ3) is 2.29. The van der Waals surface area contributed by atoms with Crippen molar-refractivity contribution in [2.45, 2.75) is 19.9 Å². The second-order valence-corrected chi connectivity index (χ2v) is 4.45. The van der Waals surface area contributed by atoms with Gasteiger partial charge in [0.05, 0.1) is 5.69 Å². The Labute approximate surface area is 89.9 Å². The predicted molar refractivity (Wildman–Crippen MR) is 59.9 cm³/mol. The van der Waals surface area contributed by atoms with Crippen molar-refractivity contribution >= 4 is 5.69 Å². The first kappa shape index (κ1) is 10.4. The third-order valence-electron chi connectivity index (χ3n) is 3.01. The lowest BCUT2D eigenvalue weighted by atomic mass is 10.1. The van der Waals surface area contributed by atoms with Gasteiger partial charge in [0.15, 0.2) is 5.82 Å². The van der Waals surface area contributed by atoms with Crippen molar-refractivity contribution in [2.75, 3.05) is 18.8 Å². The number of halogens is 1. The van der Waals surface area contributed by atoms with Crippen LogP contribution in [0.15, 0.2) is 18.2 Å². The number of hydrogen-bond donors (Lipinski definition) is 1. The first-order valence-electron chi connectivity index (χ1n) is 5.42. The molecule has 2 nitrogen and oxygen atoms in total. The fourth-order valence-electron chi connectivity index (χ4n) is 2.13. The van der Waals surface area contributed by atoms with Crippen LogP contribution in [0.3, 0.4) is 0 Å². The predicted octanol–water partition coefficient (Wildman–Crippen LogP) is 2.25. The molecular formula is C12H17FN2. The number of benzene rings is 1. The van der Waals surface area contributed by atoms with Crippen LogP contribution in [-0.4, -0.2) is 18.0 Å². The van der Waals surface area contributed by atoms with Gasteiger partial charge in [-0.3, -0.25) is 4.90 Å². The highest BCUT2D eigenvalue weighted by atomic mass is 19.1. The van der Waals surface area contributed by atoms with Crippen LogP contribution in [0.5, 0.6) is 0 Å². The fraction of sp³-hybridized carbons (Fsp3) is 0.500. The highest BCUT2D eigenvalue weighted by Crippen LogP contribution is 2.21. The van der Waals surface area contributed by atoms with E-state index in [1.807, 2.05) is 12.1 Å². The van der Waals surface area contributed by atoms with Crippen LogP contribution in [0.25, 0.3) is 0 Å². The van der Waals surface area contributed by atoms with E-state index in [4.69, 9.17) is 5.73 Å². The zero-order valence-electron chi connectivity index (χ0n) is 9.04. The number of anilines is 1. The second kappa shape index (κ2) is 4.19. The zero-order valence-corrected chi connectivity index (χ0v) is 9.04. The number of likely N-dealkylation sites (tertiary alicyclic amines) is 1. The van der Waals surface area contributed by atoms with Crippen LogP contribution in [0.1, 0.15) is 18.9 Å². The third-order valence-corrected chi connectivity index (χ3v) is 3.01. The summed E-state index contributed by atoms with van der Waals surface area (Å²) in [5.41, 5.74) is 6.49. The largest absolute Gasteiger partial charge is 0.396 e. The Hall–Kier alpha value is -1.09. The molecule has 1 saturated heterocycles. The molecular weight excluding hydrogens is 191 g/mol. The summed E-state index contributed by atoms with van der Waals surface area (Å²) in [6, 6.07) is 5.23. The Kier molecular flexibility index (Phi) is 2.91. The van der Waals surface area contributed by atoms with Crippen LogP contribution in [0.4, 0.5) is 10.1 Å². The number of rotatable bonds is 2. The minimum Gasteiger partial charge on any atom is -0.396 e. The molecule has 1 aliphatic heterocycles. The summed E-state index contributed by atoms with van der Waals surface area (Å²) < 4.78 is 13.6. The van der Waals surface area contributed by atoms with Gasteiger partial charge in [-0.2, -0.15) is 0 Å². The molecule has 15 heavy (non-hydrogen) atoms. The average Bonchev–Trinajstić information content (AvgIpc) is 2.59. The molecule has 1 atom stereocenters. The second-order valence-electron chi connectivity index (χ2n) is 4.45. The smallest absolute Gasteiger partial charge is 0.150 e. The molecule has 82 valence electrons. The van der Waals surface area contributed by atoms with Crippen LogP contribution >= 0.6 is 0 Å². The molecule has 0 aliphatic carbocycles. The van der Waals surface area contributed by atoms with Gasteiger partial charge in [-0.25, -0.2) is 4.39 Å². The summed E-state index contributed by atoms with van der Waals surface area (Å²) in [5, 5.41) is 0. The first-order valence-corrected chi connectivity index (χ1v) is 5.42. The number of hydrogen-bond acceptors (Lipinski definition) is 2. The van der Waals surface area contributed by atoms with Crippen LogP contribution < -0.4 is 5.73 Å². The molecule has 0 spiro atoms. The number of nitrogens with two attached hydrogens (primary N) is 1. The van der Waals surface area contributed by atoms with E-state index in [0.717, 1.165) is 19.0 Å². The lowest BCUT2D eigenvalue weighted by Crippen LogP contribution is -2.20. The molecule has 0 saturated carbocycles. The maximum atomic E-state index is 13.6. The average molecular weight is 208 g/mol. The molecule has 1 aromatic carbocycles. The van der Waals surface area contributed by atoms with E-state index in [1.54, 1.807) is 6.07 Å². The van der Waals surface area contributed by atoms with Crippen molar-refractivity contribution in [3.63, 3.8) is 0 Å². The van der Waals surface area contributed by atoms with E-state index in [1.165, 1.54) is 6.42 Å². The summed E-state index contributed by atoms with van der Waals surface area (Å²) in [4.78, 5) is 2.28. The van der Waals surface area contributed by atoms with Gasteiger partial charge in [0.25, 0.3) is 0 Å². The highest BCUT2D eigenvalue weighted by molar-refractivity contribution is 5.42. The summed E-state index contributed by atoms with van der Waals surface area (Å²) in [5.74, 6) is 0.478. The van der Waals surface area contributed by atoms with E-state index in [0.29, 0.717) is 12.1 Å². The standard InChI is InChI=1S/C12H17FN2/c1-9-5-6-15(7-9)8-10-3-2-4-11(14)12(10)13/h2-4,9H,5-8,14H2,1H3. The van der Waals surface area contributed by atoms with E-state index < -0.39 is 0 Å². The SMILES string of the molecule is CC1CCN(Cc2cccc(N)c2F)C1. The van der Waals surface area contributed by atoms with Gasteiger partial charge in [-0.05, 0) is 24.9 Å². The fourth-order valence-corrected chi connectivity index (χ4v) is 2.13. The van der Waals surface area contributed by atoms with E-state index in [2.05, 4.69) is 11.8 Å². The summed E-state index contributed by atoms with van der Waals surface area (Å²) in [6.45, 7) is 5.04. The van der Waals surface area contributed by atoms with Crippen LogP contribution in [0.2, 0.25) is 0 Å². The van der Waals surface area contributed by atoms with Crippen molar-refractivity contribution < 1.29 is 4.39 Å². The minimum absolute atomic E-state index is 0.250. The molecule has 1 heterocycles. The van der Waals surface area contributed by atoms with Gasteiger partial charge < -0.3 is 5.73 Å². The summed E-state index contributed by atoms with van der Waals surface area (Å²) in [7, 11) is 0. The zero-order chi connectivity index (χ0) is 10.8. The van der Waals surface area contributed by atoms with Crippen molar-refractivity contribution in [1.29, 1.82) is 0 Å². The Morgan fingerprint density at radius 2 is 2.33 bits per heavy atom. The Bertz CT molecular complexity index is 351. The Balaban J connectivity index is 2.07. The molecule has 1 unspecified atom stereocenters. The van der Waals surface area contributed by atoms with Gasteiger partial charge in [0.1, 0.15) is 0 Å². The minimum atomic E-state index is -0.253. The van der Waals surface area contributed by atoms with E-state index >= 15 is 0 Å². The van der Waals surface area contributed by atoms with Crippen LogP contribution in [0, 0.1) is 11.7 Å². The van der Waals surface area contributed by atoms with Gasteiger partial charge in [0, 0.05) is 18.7 Å². The van der Waals surface area contributed by atoms with Gasteiger partial charge in [0.2, 0.25) is 0 Å². The molecule has 2 N–H and O–H groups in total. The van der Waals surface area contributed by atoms with Crippen molar-refractivity contribution in [2.24, 2.45) is 5.92 Å². The molecule has 3 heteroatoms. The Morgan fingerprint density at radius 1 is 1.53 bits per heavy atom. The van der Waals surface area contributed by atoms with E-state index in [-0.39, 0.29) is 11.5 Å². The van der Waals surface area contributed by atoms with Gasteiger partial charge >= 0.3 is 0 Å². The molecule has 0 bridgehead atoms. The normalized spacial score (nSPS) is 22.1. The topological polar surface area (TPSA) is 29.3 Å². The molecule has 2 rings (SSSR count). The van der Waals surface area contributed by atoms with Gasteiger partial charge in [-0.1, -0.05) is 19.1 Å². The molecule has 1 aromatic rings. The number of nitrogen functional groups attached to an aromatic ring is 1. The first-order chi connectivity index (χ1) is 7.16. The van der Waals surface area contributed by atoms with Gasteiger partial charge in [-0.15, -0.1) is 0 Å². The maximum absolute atomic E-state index is 13.6. The molecule has 1 fully saturated rings. The van der Waals surface area contributed by atoms with Crippen molar-refractivity contribution in [3.8, 4) is 0 Å². The summed E-state index contributed by atoms with van der Waals surface area (Å²) in [6.07, 6.45) is 1.21. The molecule has 0 radical (unpaired) electrons. The van der Waals surface area contributed by atoms with Crippen LogP contribution in [-0.2, 0) is 6.54 Å². The van der Waals surface area contributed by atoms with Crippen molar-refractivity contribution in [3.05, 3.63) is 29.6 Å². The lowest BCUT2D eigenvalue weighted by molar-refractivity contribution is 0.315. The maximum Gasteiger partial charge on any atom is 0.150 e. The molecule has 0 amide bonds. The highest BCUT2D eigenvalue weighted by Gasteiger charge is 2.19. The monoisotopic (exact) mass is 208 g/mol. The summed E-state index contributed by atoms with van der Waals surface area (Å²) >= 11 is 0. The lowest BCUT2D eigenvalue weighted by Gasteiger charge is -2.16. The Morgan fingerprint density at radius 3 is 3.00 bits per heavy atom.